The van der Waals surface area contributed by atoms with Crippen LogP contribution in [0.15, 0.2) is 18.2 Å². The molecule has 0 bridgehead atoms. The molecule has 3 rings (SSSR count). The van der Waals surface area contributed by atoms with Crippen molar-refractivity contribution in [2.24, 2.45) is 5.41 Å². The van der Waals surface area contributed by atoms with E-state index >= 15 is 0 Å². The summed E-state index contributed by atoms with van der Waals surface area (Å²) in [5.74, 6) is 1.72. The van der Waals surface area contributed by atoms with Crippen molar-refractivity contribution in [3.05, 3.63) is 23.8 Å². The smallest absolute Gasteiger partial charge is 0.227 e. The molecule has 5 heteroatoms. The molecule has 0 spiro atoms. The number of carbonyl (C=O) groups is 1. The first-order valence-electron chi connectivity index (χ1n) is 8.79. The Kier molecular flexibility index (Phi) is 4.99. The summed E-state index contributed by atoms with van der Waals surface area (Å²) < 4.78 is 11.1. The van der Waals surface area contributed by atoms with Crippen LogP contribution in [0.5, 0.6) is 11.5 Å². The van der Waals surface area contributed by atoms with Crippen molar-refractivity contribution in [3.63, 3.8) is 0 Å². The van der Waals surface area contributed by atoms with E-state index in [0.29, 0.717) is 25.0 Å². The van der Waals surface area contributed by atoms with Gasteiger partial charge in [-0.25, -0.2) is 0 Å². The van der Waals surface area contributed by atoms with Crippen molar-refractivity contribution in [3.8, 4) is 11.5 Å². The Morgan fingerprint density at radius 1 is 1.04 bits per heavy atom. The van der Waals surface area contributed by atoms with Crippen molar-refractivity contribution in [1.29, 1.82) is 0 Å². The minimum absolute atomic E-state index is 0.196. The first-order valence-corrected chi connectivity index (χ1v) is 8.79. The van der Waals surface area contributed by atoms with Crippen molar-refractivity contribution in [1.82, 2.24) is 9.80 Å². The number of piperazine rings is 1. The van der Waals surface area contributed by atoms with Gasteiger partial charge in [0.2, 0.25) is 5.91 Å². The number of benzene rings is 1. The molecule has 1 saturated heterocycles. The summed E-state index contributed by atoms with van der Waals surface area (Å²) in [4.78, 5) is 17.0. The summed E-state index contributed by atoms with van der Waals surface area (Å²) in [5, 5.41) is 0. The highest BCUT2D eigenvalue weighted by Gasteiger charge is 2.24. The van der Waals surface area contributed by atoms with E-state index in [1.807, 2.05) is 23.1 Å². The van der Waals surface area contributed by atoms with Gasteiger partial charge in [-0.3, -0.25) is 9.69 Å². The van der Waals surface area contributed by atoms with Gasteiger partial charge in [-0.2, -0.15) is 0 Å². The molecule has 0 N–H and O–H groups in total. The van der Waals surface area contributed by atoms with Crippen LogP contribution in [-0.2, 0) is 11.2 Å². The highest BCUT2D eigenvalue weighted by Crippen LogP contribution is 2.31. The first kappa shape index (κ1) is 17.1. The maximum absolute atomic E-state index is 12.6. The minimum Gasteiger partial charge on any atom is -0.486 e. The van der Waals surface area contributed by atoms with Gasteiger partial charge in [0.05, 0.1) is 6.42 Å². The molecule has 0 saturated carbocycles. The predicted octanol–water partition coefficient (Wildman–Crippen LogP) is 2.19. The van der Waals surface area contributed by atoms with Crippen LogP contribution in [0.1, 0.15) is 26.3 Å². The monoisotopic (exact) mass is 332 g/mol. The molecule has 0 unspecified atom stereocenters. The number of hydrogen-bond acceptors (Lipinski definition) is 4. The Bertz CT molecular complexity index is 587. The van der Waals surface area contributed by atoms with E-state index in [4.69, 9.17) is 9.47 Å². The quantitative estimate of drug-likeness (QED) is 0.851. The Morgan fingerprint density at radius 2 is 1.71 bits per heavy atom. The molecule has 0 atom stereocenters. The van der Waals surface area contributed by atoms with Gasteiger partial charge in [-0.15, -0.1) is 0 Å². The molecule has 24 heavy (non-hydrogen) atoms. The lowest BCUT2D eigenvalue weighted by molar-refractivity contribution is -0.132. The van der Waals surface area contributed by atoms with Gasteiger partial charge in [0.15, 0.2) is 11.5 Å². The highest BCUT2D eigenvalue weighted by molar-refractivity contribution is 5.79. The number of hydrogen-bond donors (Lipinski definition) is 0. The Morgan fingerprint density at radius 3 is 2.38 bits per heavy atom. The Hall–Kier alpha value is -1.75. The topological polar surface area (TPSA) is 42.0 Å². The molecule has 1 amide bonds. The van der Waals surface area contributed by atoms with Crippen molar-refractivity contribution < 1.29 is 14.3 Å². The standard InChI is InChI=1S/C19H28N2O3/c1-19(2,3)14-20-6-8-21(9-7-20)18(22)13-15-4-5-16-17(12-15)24-11-10-23-16/h4-5,12H,6-11,13-14H2,1-3H3. The summed E-state index contributed by atoms with van der Waals surface area (Å²) in [6, 6.07) is 5.79. The number of fused-ring (bicyclic) bond motifs is 1. The number of ether oxygens (including phenoxy) is 2. The van der Waals surface area contributed by atoms with Crippen molar-refractivity contribution >= 4 is 5.91 Å². The van der Waals surface area contributed by atoms with E-state index in [-0.39, 0.29) is 5.91 Å². The average molecular weight is 332 g/mol. The third-order valence-electron chi connectivity index (χ3n) is 4.38. The SMILES string of the molecule is CC(C)(C)CN1CCN(C(=O)Cc2ccc3c(c2)OCCO3)CC1. The summed E-state index contributed by atoms with van der Waals surface area (Å²) in [5.41, 5.74) is 1.29. The van der Waals surface area contributed by atoms with Crippen LogP contribution in [0.2, 0.25) is 0 Å². The third-order valence-corrected chi connectivity index (χ3v) is 4.38. The molecule has 132 valence electrons. The largest absolute Gasteiger partial charge is 0.486 e. The molecule has 1 aromatic carbocycles. The summed E-state index contributed by atoms with van der Waals surface area (Å²) in [6.45, 7) is 12.6. The van der Waals surface area contributed by atoms with E-state index in [9.17, 15) is 4.79 Å². The Labute approximate surface area is 144 Å². The van der Waals surface area contributed by atoms with Gasteiger partial charge in [0.25, 0.3) is 0 Å². The second-order valence-electron chi connectivity index (χ2n) is 7.87. The molecule has 1 fully saturated rings. The maximum Gasteiger partial charge on any atom is 0.227 e. The van der Waals surface area contributed by atoms with Crippen molar-refractivity contribution in [2.75, 3.05) is 45.9 Å². The highest BCUT2D eigenvalue weighted by atomic mass is 16.6. The predicted molar refractivity (Wildman–Crippen MR) is 93.6 cm³/mol. The zero-order valence-corrected chi connectivity index (χ0v) is 15.0. The van der Waals surface area contributed by atoms with Crippen LogP contribution in [0.4, 0.5) is 0 Å². The van der Waals surface area contributed by atoms with E-state index in [2.05, 4.69) is 25.7 Å². The number of nitrogens with zero attached hydrogens (tertiary/aromatic N) is 2. The van der Waals surface area contributed by atoms with Crippen molar-refractivity contribution in [2.45, 2.75) is 27.2 Å². The van der Waals surface area contributed by atoms with Gasteiger partial charge in [0.1, 0.15) is 13.2 Å². The van der Waals surface area contributed by atoms with Gasteiger partial charge in [-0.05, 0) is 23.1 Å². The van der Waals surface area contributed by atoms with Gasteiger partial charge in [-0.1, -0.05) is 26.8 Å². The van der Waals surface area contributed by atoms with Crippen LogP contribution in [0, 0.1) is 5.41 Å². The average Bonchev–Trinajstić information content (AvgIpc) is 2.54. The summed E-state index contributed by atoms with van der Waals surface area (Å²) in [6.07, 6.45) is 0.426. The lowest BCUT2D eigenvalue weighted by Gasteiger charge is -2.37. The lowest BCUT2D eigenvalue weighted by Crippen LogP contribution is -2.50. The second kappa shape index (κ2) is 7.01. The number of amides is 1. The maximum atomic E-state index is 12.6. The molecule has 2 aliphatic rings. The van der Waals surface area contributed by atoms with Crippen LogP contribution in [0.3, 0.4) is 0 Å². The molecular weight excluding hydrogens is 304 g/mol. The summed E-state index contributed by atoms with van der Waals surface area (Å²) >= 11 is 0. The molecule has 0 aromatic heterocycles. The fourth-order valence-corrected chi connectivity index (χ4v) is 3.31. The minimum atomic E-state index is 0.196. The van der Waals surface area contributed by atoms with Gasteiger partial charge in [0, 0.05) is 32.7 Å². The first-order chi connectivity index (χ1) is 11.4. The van der Waals surface area contributed by atoms with E-state index in [1.54, 1.807) is 0 Å². The van der Waals surface area contributed by atoms with Crippen LogP contribution < -0.4 is 9.47 Å². The fraction of sp³-hybridized carbons (Fsp3) is 0.632. The second-order valence-corrected chi connectivity index (χ2v) is 7.87. The van der Waals surface area contributed by atoms with Gasteiger partial charge >= 0.3 is 0 Å². The van der Waals surface area contributed by atoms with Crippen LogP contribution in [0.25, 0.3) is 0 Å². The molecule has 5 nitrogen and oxygen atoms in total. The van der Waals surface area contributed by atoms with Crippen LogP contribution >= 0.6 is 0 Å². The molecular formula is C19H28N2O3. The molecule has 0 radical (unpaired) electrons. The third kappa shape index (κ3) is 4.41. The molecule has 2 aliphatic heterocycles. The zero-order chi connectivity index (χ0) is 17.2. The van der Waals surface area contributed by atoms with E-state index < -0.39 is 0 Å². The number of rotatable bonds is 3. The fourth-order valence-electron chi connectivity index (χ4n) is 3.31. The molecule has 1 aromatic rings. The zero-order valence-electron chi connectivity index (χ0n) is 15.0. The molecule has 2 heterocycles. The lowest BCUT2D eigenvalue weighted by atomic mass is 9.96. The van der Waals surface area contributed by atoms with E-state index in [0.717, 1.165) is 49.8 Å². The Balaban J connectivity index is 1.53. The summed E-state index contributed by atoms with van der Waals surface area (Å²) in [7, 11) is 0. The van der Waals surface area contributed by atoms with E-state index in [1.165, 1.54) is 0 Å². The normalized spacial score (nSPS) is 18.5. The van der Waals surface area contributed by atoms with Crippen LogP contribution in [-0.4, -0.2) is 61.6 Å². The van der Waals surface area contributed by atoms with Gasteiger partial charge < -0.3 is 14.4 Å². The number of carbonyl (C=O) groups excluding carboxylic acids is 1. The molecule has 0 aliphatic carbocycles.